The monoisotopic (exact) mass is 424 g/mol. The van der Waals surface area contributed by atoms with E-state index >= 15 is 0 Å². The highest BCUT2D eigenvalue weighted by molar-refractivity contribution is 5.85. The Hall–Kier alpha value is -4.25. The van der Waals surface area contributed by atoms with E-state index in [0.29, 0.717) is 34.8 Å². The highest BCUT2D eigenvalue weighted by Gasteiger charge is 2.11. The fourth-order valence-corrected chi connectivity index (χ4v) is 3.60. The van der Waals surface area contributed by atoms with Gasteiger partial charge in [0, 0.05) is 6.07 Å². The van der Waals surface area contributed by atoms with Crippen molar-refractivity contribution in [1.29, 1.82) is 0 Å². The zero-order chi connectivity index (χ0) is 21.9. The quantitative estimate of drug-likeness (QED) is 0.319. The van der Waals surface area contributed by atoms with Crippen molar-refractivity contribution in [1.82, 2.24) is 0 Å². The smallest absolute Gasteiger partial charge is 0.235 e. The first-order valence-corrected chi connectivity index (χ1v) is 10.2. The van der Waals surface area contributed by atoms with Crippen LogP contribution in [-0.4, -0.2) is 7.11 Å². The van der Waals surface area contributed by atoms with Crippen LogP contribution >= 0.6 is 0 Å². The number of ether oxygens (including phenoxy) is 3. The molecule has 0 N–H and O–H groups in total. The van der Waals surface area contributed by atoms with E-state index in [2.05, 4.69) is 18.2 Å². The molecule has 0 aliphatic heterocycles. The van der Waals surface area contributed by atoms with Crippen molar-refractivity contribution in [2.75, 3.05) is 7.11 Å². The van der Waals surface area contributed by atoms with Gasteiger partial charge in [0.1, 0.15) is 35.7 Å². The van der Waals surface area contributed by atoms with Crippen LogP contribution in [0.1, 0.15) is 5.56 Å². The molecule has 1 heterocycles. The summed E-state index contributed by atoms with van der Waals surface area (Å²) in [4.78, 5) is 12.8. The third-order valence-corrected chi connectivity index (χ3v) is 5.28. The van der Waals surface area contributed by atoms with Gasteiger partial charge in [-0.05, 0) is 52.7 Å². The van der Waals surface area contributed by atoms with Crippen molar-refractivity contribution in [2.24, 2.45) is 0 Å². The number of benzene rings is 4. The molecule has 5 rings (SSSR count). The molecule has 0 aliphatic rings. The van der Waals surface area contributed by atoms with Crippen molar-refractivity contribution >= 4 is 21.7 Å². The van der Waals surface area contributed by atoms with Crippen LogP contribution in [-0.2, 0) is 6.61 Å². The molecular formula is C27H20O5. The summed E-state index contributed by atoms with van der Waals surface area (Å²) in [6.45, 7) is 0.412. The molecule has 5 heteroatoms. The molecule has 0 atom stereocenters. The van der Waals surface area contributed by atoms with Gasteiger partial charge >= 0.3 is 0 Å². The minimum atomic E-state index is -0.248. The normalized spacial score (nSPS) is 10.9. The molecule has 0 aliphatic carbocycles. The molecule has 5 nitrogen and oxygen atoms in total. The zero-order valence-electron chi connectivity index (χ0n) is 17.4. The maximum Gasteiger partial charge on any atom is 0.235 e. The lowest BCUT2D eigenvalue weighted by molar-refractivity contribution is 0.307. The van der Waals surface area contributed by atoms with Crippen LogP contribution in [0.25, 0.3) is 21.7 Å². The molecular weight excluding hydrogens is 404 g/mol. The highest BCUT2D eigenvalue weighted by Crippen LogP contribution is 2.26. The summed E-state index contributed by atoms with van der Waals surface area (Å²) < 4.78 is 22.5. The fraction of sp³-hybridized carbons (Fsp3) is 0.0741. The number of hydrogen-bond acceptors (Lipinski definition) is 5. The Balaban J connectivity index is 1.37. The van der Waals surface area contributed by atoms with Crippen molar-refractivity contribution in [3.8, 4) is 23.0 Å². The molecule has 0 bridgehead atoms. The maximum atomic E-state index is 12.8. The Morgan fingerprint density at radius 1 is 0.781 bits per heavy atom. The molecule has 5 aromatic rings. The van der Waals surface area contributed by atoms with Gasteiger partial charge in [-0.3, -0.25) is 4.79 Å². The minimum Gasteiger partial charge on any atom is -0.497 e. The number of methoxy groups -OCH3 is 1. The summed E-state index contributed by atoms with van der Waals surface area (Å²) in [6, 6.07) is 26.5. The van der Waals surface area contributed by atoms with Crippen LogP contribution in [0.2, 0.25) is 0 Å². The number of rotatable bonds is 6. The minimum absolute atomic E-state index is 0.118. The molecule has 1 aromatic heterocycles. The van der Waals surface area contributed by atoms with Gasteiger partial charge in [-0.2, -0.15) is 0 Å². The highest BCUT2D eigenvalue weighted by atomic mass is 16.5. The lowest BCUT2D eigenvalue weighted by atomic mass is 10.1. The maximum absolute atomic E-state index is 12.8. The van der Waals surface area contributed by atoms with Gasteiger partial charge in [-0.25, -0.2) is 0 Å². The molecule has 0 spiro atoms. The van der Waals surface area contributed by atoms with E-state index in [4.69, 9.17) is 18.6 Å². The second kappa shape index (κ2) is 8.47. The second-order valence-electron chi connectivity index (χ2n) is 7.29. The van der Waals surface area contributed by atoms with Crippen LogP contribution in [0, 0.1) is 0 Å². The molecule has 0 radical (unpaired) electrons. The van der Waals surface area contributed by atoms with Crippen LogP contribution in [0.15, 0.2) is 100 Å². The summed E-state index contributed by atoms with van der Waals surface area (Å²) in [5, 5.41) is 2.75. The summed E-state index contributed by atoms with van der Waals surface area (Å²) in [7, 11) is 1.59. The molecule has 0 fully saturated rings. The average Bonchev–Trinajstić information content (AvgIpc) is 2.85. The predicted molar refractivity (Wildman–Crippen MR) is 124 cm³/mol. The number of fused-ring (bicyclic) bond motifs is 2. The van der Waals surface area contributed by atoms with Gasteiger partial charge in [-0.15, -0.1) is 0 Å². The van der Waals surface area contributed by atoms with E-state index in [0.717, 1.165) is 10.9 Å². The third kappa shape index (κ3) is 3.88. The van der Waals surface area contributed by atoms with Crippen LogP contribution in [0.5, 0.6) is 23.0 Å². The first-order valence-electron chi connectivity index (χ1n) is 10.2. The largest absolute Gasteiger partial charge is 0.497 e. The Morgan fingerprint density at radius 2 is 1.53 bits per heavy atom. The first kappa shape index (κ1) is 19.7. The molecule has 158 valence electrons. The lowest BCUT2D eigenvalue weighted by Crippen LogP contribution is -2.05. The lowest BCUT2D eigenvalue weighted by Gasteiger charge is -2.10. The topological polar surface area (TPSA) is 57.9 Å². The summed E-state index contributed by atoms with van der Waals surface area (Å²) in [6.07, 6.45) is 1.32. The van der Waals surface area contributed by atoms with Crippen molar-refractivity contribution < 1.29 is 18.6 Å². The first-order chi connectivity index (χ1) is 15.7. The van der Waals surface area contributed by atoms with Gasteiger partial charge in [0.2, 0.25) is 11.2 Å². The molecule has 4 aromatic carbocycles. The fourth-order valence-electron chi connectivity index (χ4n) is 3.60. The van der Waals surface area contributed by atoms with E-state index in [-0.39, 0.29) is 11.2 Å². The second-order valence-corrected chi connectivity index (χ2v) is 7.29. The van der Waals surface area contributed by atoms with E-state index in [1.165, 1.54) is 11.6 Å². The summed E-state index contributed by atoms with van der Waals surface area (Å²) in [5.41, 5.74) is 1.28. The zero-order valence-corrected chi connectivity index (χ0v) is 17.4. The Bertz CT molecular complexity index is 1450. The molecule has 0 unspecified atom stereocenters. The number of hydrogen-bond donors (Lipinski definition) is 0. The molecule has 0 saturated carbocycles. The Kier molecular flexibility index (Phi) is 5.22. The standard InChI is InChI=1S/C27H20O5/c1-29-20-9-11-21(12-10-20)32-26-17-31-25-15-22(13-14-24(25)27(26)28)30-16-19-7-4-6-18-5-2-3-8-23(18)19/h2-15,17H,16H2,1H3. The van der Waals surface area contributed by atoms with Crippen LogP contribution in [0.3, 0.4) is 0 Å². The molecule has 0 amide bonds. The van der Waals surface area contributed by atoms with E-state index in [1.807, 2.05) is 24.3 Å². The SMILES string of the molecule is COc1ccc(Oc2coc3cc(OCc4cccc5ccccc45)ccc3c2=O)cc1. The van der Waals surface area contributed by atoms with Crippen molar-refractivity contribution in [2.45, 2.75) is 6.61 Å². The van der Waals surface area contributed by atoms with Gasteiger partial charge in [0.05, 0.1) is 12.5 Å². The van der Waals surface area contributed by atoms with Gasteiger partial charge in [0.25, 0.3) is 0 Å². The van der Waals surface area contributed by atoms with Crippen LogP contribution < -0.4 is 19.6 Å². The summed E-state index contributed by atoms with van der Waals surface area (Å²) >= 11 is 0. The van der Waals surface area contributed by atoms with E-state index < -0.39 is 0 Å². The molecule has 0 saturated heterocycles. The third-order valence-electron chi connectivity index (χ3n) is 5.28. The van der Waals surface area contributed by atoms with Crippen LogP contribution in [0.4, 0.5) is 0 Å². The molecule has 32 heavy (non-hydrogen) atoms. The van der Waals surface area contributed by atoms with Gasteiger partial charge in [0.15, 0.2) is 0 Å². The predicted octanol–water partition coefficient (Wildman–Crippen LogP) is 6.33. The average molecular weight is 424 g/mol. The van der Waals surface area contributed by atoms with Gasteiger partial charge < -0.3 is 18.6 Å². The summed E-state index contributed by atoms with van der Waals surface area (Å²) in [5.74, 6) is 1.97. The van der Waals surface area contributed by atoms with Crippen molar-refractivity contribution in [3.05, 3.63) is 107 Å². The Labute approximate surface area is 184 Å². The van der Waals surface area contributed by atoms with Gasteiger partial charge in [-0.1, -0.05) is 42.5 Å². The Morgan fingerprint density at radius 3 is 2.38 bits per heavy atom. The van der Waals surface area contributed by atoms with E-state index in [9.17, 15) is 4.79 Å². The van der Waals surface area contributed by atoms with E-state index in [1.54, 1.807) is 49.6 Å². The van der Waals surface area contributed by atoms with Crippen molar-refractivity contribution in [3.63, 3.8) is 0 Å².